The van der Waals surface area contributed by atoms with Gasteiger partial charge in [0.05, 0.1) is 5.56 Å². The average molecular weight is 819 g/mol. The van der Waals surface area contributed by atoms with Gasteiger partial charge < -0.3 is 8.83 Å². The second-order valence-electron chi connectivity index (χ2n) is 18.2. The minimum absolute atomic E-state index is 0.194. The Kier molecular flexibility index (Phi) is 7.65. The van der Waals surface area contributed by atoms with Crippen LogP contribution in [0.2, 0.25) is 0 Å². The van der Waals surface area contributed by atoms with Crippen LogP contribution in [0.5, 0.6) is 0 Å². The van der Waals surface area contributed by atoms with E-state index < -0.39 is 0 Å². The summed E-state index contributed by atoms with van der Waals surface area (Å²) < 4.78 is 14.3. The van der Waals surface area contributed by atoms with Gasteiger partial charge >= 0.3 is 0 Å². The lowest BCUT2D eigenvalue weighted by molar-refractivity contribution is 0.647. The van der Waals surface area contributed by atoms with Crippen LogP contribution in [0.3, 0.4) is 0 Å². The van der Waals surface area contributed by atoms with Gasteiger partial charge in [-0.2, -0.15) is 0 Å². The van der Waals surface area contributed by atoms with Crippen LogP contribution in [0.15, 0.2) is 203 Å². The van der Waals surface area contributed by atoms with Gasteiger partial charge in [-0.15, -0.1) is 0 Å². The molecule has 0 amide bonds. The SMILES string of the molecule is CC1c2ccccc2-c2ccccc2C1c1ccc2oc3c(-c4cc5ccccc5c5ccccc45)c4oc5ccc(C6CCc7ccccc7-c7ccccc76)cc5c4cc3c2c1. The largest absolute Gasteiger partial charge is 0.455 e. The summed E-state index contributed by atoms with van der Waals surface area (Å²) in [6.07, 6.45) is 2.06. The van der Waals surface area contributed by atoms with Crippen LogP contribution in [0.1, 0.15) is 64.5 Å². The Balaban J connectivity index is 1.04. The number of hydrogen-bond donors (Lipinski definition) is 0. The van der Waals surface area contributed by atoms with E-state index in [9.17, 15) is 0 Å². The zero-order chi connectivity index (χ0) is 42.0. The molecule has 302 valence electrons. The number of fused-ring (bicyclic) bond motifs is 15. The van der Waals surface area contributed by atoms with Crippen molar-refractivity contribution in [1.82, 2.24) is 0 Å². The Morgan fingerprint density at radius 3 is 1.69 bits per heavy atom. The van der Waals surface area contributed by atoms with Crippen LogP contribution >= 0.6 is 0 Å². The van der Waals surface area contributed by atoms with E-state index in [1.807, 2.05) is 0 Å². The third-order valence-electron chi connectivity index (χ3n) is 14.9. The molecule has 2 aliphatic carbocycles. The normalized spacial score (nSPS) is 16.9. The van der Waals surface area contributed by atoms with Gasteiger partial charge in [0.2, 0.25) is 0 Å². The molecule has 64 heavy (non-hydrogen) atoms. The summed E-state index contributed by atoms with van der Waals surface area (Å²) >= 11 is 0. The molecule has 2 heterocycles. The van der Waals surface area contributed by atoms with Gasteiger partial charge in [-0.25, -0.2) is 0 Å². The quantitative estimate of drug-likeness (QED) is 0.166. The van der Waals surface area contributed by atoms with Gasteiger partial charge in [0.15, 0.2) is 0 Å². The summed E-state index contributed by atoms with van der Waals surface area (Å²) in [4.78, 5) is 0. The van der Waals surface area contributed by atoms with Crippen LogP contribution in [0.25, 0.3) is 98.8 Å². The maximum absolute atomic E-state index is 7.14. The summed E-state index contributed by atoms with van der Waals surface area (Å²) in [5.41, 5.74) is 19.2. The summed E-state index contributed by atoms with van der Waals surface area (Å²) in [5, 5.41) is 9.31. The summed E-state index contributed by atoms with van der Waals surface area (Å²) in [7, 11) is 0. The molecule has 10 aromatic carbocycles. The molecular formula is C62H42O2. The molecule has 12 aromatic rings. The third kappa shape index (κ3) is 5.14. The van der Waals surface area contributed by atoms with Gasteiger partial charge in [-0.3, -0.25) is 0 Å². The Morgan fingerprint density at radius 2 is 0.938 bits per heavy atom. The molecule has 0 N–H and O–H groups in total. The number of furan rings is 2. The predicted octanol–water partition coefficient (Wildman–Crippen LogP) is 17.1. The van der Waals surface area contributed by atoms with Crippen LogP contribution in [-0.4, -0.2) is 0 Å². The zero-order valence-electron chi connectivity index (χ0n) is 35.4. The van der Waals surface area contributed by atoms with E-state index in [2.05, 4.69) is 201 Å². The Morgan fingerprint density at radius 1 is 0.391 bits per heavy atom. The van der Waals surface area contributed by atoms with Crippen LogP contribution in [0.4, 0.5) is 0 Å². The van der Waals surface area contributed by atoms with Crippen molar-refractivity contribution in [2.24, 2.45) is 0 Å². The molecule has 0 saturated heterocycles. The molecule has 0 radical (unpaired) electrons. The fourth-order valence-corrected chi connectivity index (χ4v) is 12.0. The van der Waals surface area contributed by atoms with Gasteiger partial charge in [-0.05, 0) is 138 Å². The molecule has 3 unspecified atom stereocenters. The molecule has 0 fully saturated rings. The van der Waals surface area contributed by atoms with Gasteiger partial charge in [0.1, 0.15) is 22.3 Å². The third-order valence-corrected chi connectivity index (χ3v) is 14.9. The first-order chi connectivity index (χ1) is 31.7. The van der Waals surface area contributed by atoms with Crippen LogP contribution < -0.4 is 0 Å². The molecule has 2 heteroatoms. The topological polar surface area (TPSA) is 26.3 Å². The smallest absolute Gasteiger partial charge is 0.147 e. The highest BCUT2D eigenvalue weighted by atomic mass is 16.3. The first-order valence-corrected chi connectivity index (χ1v) is 22.8. The molecule has 2 aromatic heterocycles. The standard InChI is InChI=1S/C62H42O2/c1-36-41-16-6-7-19-45(41)49-23-12-13-25-51(49)59(36)40-28-31-58-53(34-40)56-35-55-52-32-39(44-29-26-37-14-2-4-17-42(37)46-20-8-9-22-48(44)46)27-30-57(52)63-61(55)60(62(56)64-58)54-33-38-15-3-5-18-43(38)47-21-10-11-24-50(47)54/h2-25,27-28,30-36,44,59H,26,29H2,1H3. The van der Waals surface area contributed by atoms with Gasteiger partial charge in [-0.1, -0.05) is 165 Å². The lowest BCUT2D eigenvalue weighted by Crippen LogP contribution is -2.16. The maximum Gasteiger partial charge on any atom is 0.147 e. The summed E-state index contributed by atoms with van der Waals surface area (Å²) in [5.74, 6) is 0.735. The van der Waals surface area contributed by atoms with E-state index in [1.165, 1.54) is 77.2 Å². The second kappa shape index (κ2) is 13.7. The summed E-state index contributed by atoms with van der Waals surface area (Å²) in [6.45, 7) is 2.39. The van der Waals surface area contributed by atoms with Crippen molar-refractivity contribution in [3.8, 4) is 33.4 Å². The molecule has 0 saturated carbocycles. The number of benzene rings is 10. The van der Waals surface area contributed by atoms with Crippen molar-refractivity contribution in [2.75, 3.05) is 0 Å². The first-order valence-electron chi connectivity index (χ1n) is 22.8. The summed E-state index contributed by atoms with van der Waals surface area (Å²) in [6, 6.07) is 72.0. The highest BCUT2D eigenvalue weighted by Crippen LogP contribution is 2.52. The Labute approximate surface area is 371 Å². The average Bonchev–Trinajstić information content (AvgIpc) is 3.85. The number of rotatable bonds is 3. The van der Waals surface area contributed by atoms with E-state index in [0.717, 1.165) is 67.8 Å². The lowest BCUT2D eigenvalue weighted by Gasteiger charge is -2.34. The highest BCUT2D eigenvalue weighted by Gasteiger charge is 2.33. The monoisotopic (exact) mass is 818 g/mol. The van der Waals surface area contributed by atoms with Crippen LogP contribution in [-0.2, 0) is 6.42 Å². The molecule has 3 atom stereocenters. The molecular weight excluding hydrogens is 777 g/mol. The van der Waals surface area contributed by atoms with Crippen molar-refractivity contribution >= 4 is 65.4 Å². The molecule has 0 spiro atoms. The molecule has 14 rings (SSSR count). The maximum atomic E-state index is 7.14. The van der Waals surface area contributed by atoms with E-state index in [-0.39, 0.29) is 11.8 Å². The van der Waals surface area contributed by atoms with Crippen molar-refractivity contribution in [3.05, 3.63) is 228 Å². The molecule has 2 aliphatic rings. The van der Waals surface area contributed by atoms with E-state index >= 15 is 0 Å². The molecule has 2 nitrogen and oxygen atoms in total. The van der Waals surface area contributed by atoms with E-state index in [4.69, 9.17) is 8.83 Å². The first kappa shape index (κ1) is 35.9. The van der Waals surface area contributed by atoms with E-state index in [0.29, 0.717) is 5.92 Å². The second-order valence-corrected chi connectivity index (χ2v) is 18.2. The van der Waals surface area contributed by atoms with Crippen molar-refractivity contribution in [3.63, 3.8) is 0 Å². The van der Waals surface area contributed by atoms with Crippen LogP contribution in [0, 0.1) is 0 Å². The van der Waals surface area contributed by atoms with Crippen molar-refractivity contribution in [2.45, 2.75) is 37.5 Å². The fraction of sp³-hybridized carbons (Fsp3) is 0.0968. The van der Waals surface area contributed by atoms with Crippen molar-refractivity contribution in [1.29, 1.82) is 0 Å². The van der Waals surface area contributed by atoms with Gasteiger partial charge in [0, 0.05) is 33.4 Å². The highest BCUT2D eigenvalue weighted by molar-refractivity contribution is 6.26. The van der Waals surface area contributed by atoms with Gasteiger partial charge in [0.25, 0.3) is 0 Å². The minimum atomic E-state index is 0.194. The number of aryl methyl sites for hydroxylation is 1. The predicted molar refractivity (Wildman–Crippen MR) is 266 cm³/mol. The fourth-order valence-electron chi connectivity index (χ4n) is 12.0. The molecule has 0 bridgehead atoms. The lowest BCUT2D eigenvalue weighted by atomic mass is 9.69. The zero-order valence-corrected chi connectivity index (χ0v) is 35.4. The van der Waals surface area contributed by atoms with Crippen molar-refractivity contribution < 1.29 is 8.83 Å². The van der Waals surface area contributed by atoms with E-state index in [1.54, 1.807) is 0 Å². The minimum Gasteiger partial charge on any atom is -0.455 e. The Bertz CT molecular complexity index is 3900. The Hall–Kier alpha value is -7.68. The number of hydrogen-bond acceptors (Lipinski definition) is 2. The molecule has 0 aliphatic heterocycles.